The zero-order valence-corrected chi connectivity index (χ0v) is 20.7. The van der Waals surface area contributed by atoms with E-state index in [2.05, 4.69) is 5.32 Å². The SMILES string of the molecule is C[C@H]1CC[C@H](c2ccccc2)S(=O)(=O)N1Cc1cc(F)c(C2(NCC3CCOC3)COC2)cc1F. The molecule has 2 aromatic carbocycles. The Morgan fingerprint density at radius 2 is 1.83 bits per heavy atom. The molecule has 1 unspecified atom stereocenters. The van der Waals surface area contributed by atoms with Crippen LogP contribution in [0.4, 0.5) is 8.78 Å². The lowest BCUT2D eigenvalue weighted by molar-refractivity contribution is -0.0817. The molecule has 0 aromatic heterocycles. The summed E-state index contributed by atoms with van der Waals surface area (Å²) in [6.45, 7) is 4.14. The van der Waals surface area contributed by atoms with Crippen molar-refractivity contribution < 1.29 is 26.7 Å². The monoisotopic (exact) mass is 506 g/mol. The number of hydrogen-bond acceptors (Lipinski definition) is 5. The van der Waals surface area contributed by atoms with Crippen LogP contribution in [-0.4, -0.2) is 51.7 Å². The van der Waals surface area contributed by atoms with E-state index in [0.29, 0.717) is 31.9 Å². The van der Waals surface area contributed by atoms with E-state index in [0.717, 1.165) is 24.7 Å². The van der Waals surface area contributed by atoms with Gasteiger partial charge in [0.2, 0.25) is 10.0 Å². The van der Waals surface area contributed by atoms with E-state index >= 15 is 8.78 Å². The maximum atomic E-state index is 15.4. The molecule has 0 amide bonds. The predicted octanol–water partition coefficient (Wildman–Crippen LogP) is 3.87. The molecule has 190 valence electrons. The molecule has 3 atom stereocenters. The highest BCUT2D eigenvalue weighted by molar-refractivity contribution is 7.89. The zero-order valence-electron chi connectivity index (χ0n) is 19.9. The highest BCUT2D eigenvalue weighted by atomic mass is 32.2. The maximum absolute atomic E-state index is 15.4. The van der Waals surface area contributed by atoms with Gasteiger partial charge in [0.05, 0.1) is 25.4 Å². The summed E-state index contributed by atoms with van der Waals surface area (Å²) in [4.78, 5) is 0. The summed E-state index contributed by atoms with van der Waals surface area (Å²) < 4.78 is 69.8. The molecule has 3 aliphatic heterocycles. The van der Waals surface area contributed by atoms with Crippen molar-refractivity contribution in [3.8, 4) is 0 Å². The third kappa shape index (κ3) is 4.76. The Hall–Kier alpha value is -1.91. The lowest BCUT2D eigenvalue weighted by Crippen LogP contribution is -2.59. The van der Waals surface area contributed by atoms with Gasteiger partial charge >= 0.3 is 0 Å². The van der Waals surface area contributed by atoms with E-state index in [1.54, 1.807) is 12.1 Å². The van der Waals surface area contributed by atoms with Gasteiger partial charge in [-0.25, -0.2) is 17.2 Å². The maximum Gasteiger partial charge on any atom is 0.221 e. The molecule has 0 saturated carbocycles. The molecule has 35 heavy (non-hydrogen) atoms. The fourth-order valence-corrected chi connectivity index (χ4v) is 7.53. The van der Waals surface area contributed by atoms with Crippen LogP contribution in [0, 0.1) is 17.6 Å². The molecular formula is C26H32F2N2O4S. The minimum absolute atomic E-state index is 0.0370. The smallest absolute Gasteiger partial charge is 0.221 e. The quantitative estimate of drug-likeness (QED) is 0.618. The van der Waals surface area contributed by atoms with E-state index in [1.807, 2.05) is 25.1 Å². The number of benzene rings is 2. The molecule has 9 heteroatoms. The van der Waals surface area contributed by atoms with Gasteiger partial charge in [0, 0.05) is 36.9 Å². The molecule has 3 fully saturated rings. The Morgan fingerprint density at radius 1 is 1.06 bits per heavy atom. The van der Waals surface area contributed by atoms with Gasteiger partial charge in [-0.3, -0.25) is 0 Å². The molecule has 2 aromatic rings. The number of rotatable bonds is 7. The van der Waals surface area contributed by atoms with Crippen molar-refractivity contribution in [2.45, 2.75) is 49.6 Å². The highest BCUT2D eigenvalue weighted by Crippen LogP contribution is 2.39. The van der Waals surface area contributed by atoms with Gasteiger partial charge < -0.3 is 14.8 Å². The van der Waals surface area contributed by atoms with Crippen LogP contribution in [0.25, 0.3) is 0 Å². The first kappa shape index (κ1) is 24.8. The number of sulfonamides is 1. The second kappa shape index (κ2) is 9.86. The summed E-state index contributed by atoms with van der Waals surface area (Å²) in [6, 6.07) is 11.1. The lowest BCUT2D eigenvalue weighted by atomic mass is 9.86. The summed E-state index contributed by atoms with van der Waals surface area (Å²) in [6.07, 6.45) is 2.09. The Bertz CT molecular complexity index is 1150. The van der Waals surface area contributed by atoms with Crippen molar-refractivity contribution in [2.24, 2.45) is 5.92 Å². The summed E-state index contributed by atoms with van der Waals surface area (Å²) in [5.74, 6) is -0.826. The Balaban J connectivity index is 1.38. The van der Waals surface area contributed by atoms with E-state index < -0.39 is 32.4 Å². The van der Waals surface area contributed by atoms with Crippen LogP contribution in [0.3, 0.4) is 0 Å². The number of ether oxygens (including phenoxy) is 2. The van der Waals surface area contributed by atoms with E-state index in [4.69, 9.17) is 9.47 Å². The van der Waals surface area contributed by atoms with Crippen molar-refractivity contribution in [1.82, 2.24) is 9.62 Å². The molecule has 0 aliphatic carbocycles. The molecule has 1 N–H and O–H groups in total. The fraction of sp³-hybridized carbons (Fsp3) is 0.538. The topological polar surface area (TPSA) is 67.9 Å². The fourth-order valence-electron chi connectivity index (χ4n) is 5.34. The molecule has 0 radical (unpaired) electrons. The Labute approximate surface area is 205 Å². The summed E-state index contributed by atoms with van der Waals surface area (Å²) in [7, 11) is -3.74. The van der Waals surface area contributed by atoms with Gasteiger partial charge in [-0.1, -0.05) is 30.3 Å². The van der Waals surface area contributed by atoms with Crippen LogP contribution >= 0.6 is 0 Å². The van der Waals surface area contributed by atoms with Gasteiger partial charge in [0.25, 0.3) is 0 Å². The second-order valence-electron chi connectivity index (χ2n) is 10.0. The van der Waals surface area contributed by atoms with Crippen LogP contribution in [0.15, 0.2) is 42.5 Å². The molecule has 0 spiro atoms. The van der Waals surface area contributed by atoms with Crippen molar-refractivity contribution in [3.05, 3.63) is 70.8 Å². The first-order valence-electron chi connectivity index (χ1n) is 12.2. The summed E-state index contributed by atoms with van der Waals surface area (Å²) >= 11 is 0. The third-order valence-electron chi connectivity index (χ3n) is 7.62. The van der Waals surface area contributed by atoms with E-state index in [1.165, 1.54) is 10.4 Å². The largest absolute Gasteiger partial charge is 0.381 e. The predicted molar refractivity (Wildman–Crippen MR) is 128 cm³/mol. The van der Waals surface area contributed by atoms with E-state index in [-0.39, 0.29) is 36.9 Å². The summed E-state index contributed by atoms with van der Waals surface area (Å²) in [5, 5.41) is 2.70. The Kier molecular flexibility index (Phi) is 6.98. The van der Waals surface area contributed by atoms with E-state index in [9.17, 15) is 8.42 Å². The number of hydrogen-bond donors (Lipinski definition) is 1. The van der Waals surface area contributed by atoms with Gasteiger partial charge in [0.15, 0.2) is 0 Å². The van der Waals surface area contributed by atoms with Crippen molar-refractivity contribution in [1.29, 1.82) is 0 Å². The lowest BCUT2D eigenvalue weighted by Gasteiger charge is -2.43. The Morgan fingerprint density at radius 3 is 2.49 bits per heavy atom. The first-order valence-corrected chi connectivity index (χ1v) is 13.7. The minimum atomic E-state index is -3.74. The second-order valence-corrected chi connectivity index (χ2v) is 12.1. The molecule has 5 rings (SSSR count). The highest BCUT2D eigenvalue weighted by Gasteiger charge is 2.44. The molecule has 3 heterocycles. The van der Waals surface area contributed by atoms with Crippen LogP contribution in [-0.2, 0) is 31.6 Å². The van der Waals surface area contributed by atoms with Crippen LogP contribution in [0.2, 0.25) is 0 Å². The first-order chi connectivity index (χ1) is 16.8. The third-order valence-corrected chi connectivity index (χ3v) is 9.99. The van der Waals surface area contributed by atoms with Crippen LogP contribution < -0.4 is 5.32 Å². The van der Waals surface area contributed by atoms with Crippen molar-refractivity contribution in [3.63, 3.8) is 0 Å². The van der Waals surface area contributed by atoms with Gasteiger partial charge in [-0.05, 0) is 49.8 Å². The van der Waals surface area contributed by atoms with Crippen LogP contribution in [0.5, 0.6) is 0 Å². The minimum Gasteiger partial charge on any atom is -0.381 e. The average Bonchev–Trinajstić information content (AvgIpc) is 3.32. The van der Waals surface area contributed by atoms with Gasteiger partial charge in [-0.2, -0.15) is 4.31 Å². The average molecular weight is 507 g/mol. The molecule has 0 bridgehead atoms. The number of halogens is 2. The van der Waals surface area contributed by atoms with Gasteiger partial charge in [-0.15, -0.1) is 0 Å². The number of nitrogens with one attached hydrogen (secondary N) is 1. The molecule has 3 saturated heterocycles. The normalized spacial score (nSPS) is 28.0. The number of nitrogens with zero attached hydrogens (tertiary/aromatic N) is 1. The van der Waals surface area contributed by atoms with Crippen LogP contribution in [0.1, 0.15) is 48.1 Å². The van der Waals surface area contributed by atoms with Crippen molar-refractivity contribution in [2.75, 3.05) is 33.0 Å². The molecular weight excluding hydrogens is 474 g/mol. The standard InChI is InChI=1S/C26H32F2N2O4S/c1-18-7-8-25(20-5-3-2-4-6-20)35(31,32)30(18)14-21-11-24(28)22(12-23(21)27)26(16-34-17-26)29-13-19-9-10-33-15-19/h2-6,11-12,18-19,25,29H,7-10,13-17H2,1H3/t18-,19?,25+/m0/s1. The van der Waals surface area contributed by atoms with Gasteiger partial charge in [0.1, 0.15) is 16.9 Å². The molecule has 3 aliphatic rings. The zero-order chi connectivity index (χ0) is 24.6. The molecule has 6 nitrogen and oxygen atoms in total. The summed E-state index contributed by atoms with van der Waals surface area (Å²) in [5.41, 5.74) is 0.197. The van der Waals surface area contributed by atoms with Crippen molar-refractivity contribution >= 4 is 10.0 Å².